The molecule has 6 nitrogen and oxygen atoms in total. The molecule has 1 fully saturated rings. The van der Waals surface area contributed by atoms with Crippen LogP contribution in [0.1, 0.15) is 59.3 Å². The van der Waals surface area contributed by atoms with Gasteiger partial charge in [0.1, 0.15) is 5.76 Å². The van der Waals surface area contributed by atoms with Crippen LogP contribution < -0.4 is 5.32 Å². The summed E-state index contributed by atoms with van der Waals surface area (Å²) in [6.07, 6.45) is 0.273. The van der Waals surface area contributed by atoms with Crippen molar-refractivity contribution in [3.8, 4) is 0 Å². The number of aromatic nitrogens is 1. The molecule has 2 heterocycles. The van der Waals surface area contributed by atoms with Gasteiger partial charge in [-0.1, -0.05) is 19.1 Å². The first-order valence-electron chi connectivity index (χ1n) is 11.7. The fraction of sp³-hybridized carbons (Fsp3) is 0.385. The summed E-state index contributed by atoms with van der Waals surface area (Å²) >= 11 is 0. The third-order valence-electron chi connectivity index (χ3n) is 5.93. The zero-order valence-electron chi connectivity index (χ0n) is 19.5. The summed E-state index contributed by atoms with van der Waals surface area (Å²) in [6.45, 7) is 3.61. The summed E-state index contributed by atoms with van der Waals surface area (Å²) < 4.78 is 46.3. The molecular weight excluding hydrogens is 459 g/mol. The van der Waals surface area contributed by atoms with Crippen molar-refractivity contribution in [1.29, 1.82) is 0 Å². The Morgan fingerprint density at radius 2 is 1.94 bits per heavy atom. The second-order valence-corrected chi connectivity index (χ2v) is 8.81. The lowest BCUT2D eigenvalue weighted by molar-refractivity contribution is -0.137. The first kappa shape index (κ1) is 24.6. The Hall–Kier alpha value is -3.49. The number of amides is 2. The van der Waals surface area contributed by atoms with Crippen LogP contribution in [0.15, 0.2) is 59.1 Å². The maximum atomic E-state index is 12.9. The first-order chi connectivity index (χ1) is 16.7. The van der Waals surface area contributed by atoms with Crippen molar-refractivity contribution in [3.05, 3.63) is 83.1 Å². The average Bonchev–Trinajstić information content (AvgIpc) is 3.43. The monoisotopic (exact) mass is 487 g/mol. The van der Waals surface area contributed by atoms with Crippen molar-refractivity contribution in [2.24, 2.45) is 5.92 Å². The van der Waals surface area contributed by atoms with E-state index in [9.17, 15) is 22.8 Å². The standard InChI is InChI=1S/C26H28F3N3O3/c1-2-12-32(25(34)19-8-9-19)16-21-7-4-13-31(21)17-22-10-11-23(35-22)24(33)30-15-18-5-3-6-20(14-18)26(27,28)29/h3-7,10-11,13-14,19H,2,8-9,12,15-17H2,1H3,(H,30,33). The Morgan fingerprint density at radius 1 is 1.14 bits per heavy atom. The molecule has 4 rings (SSSR count). The summed E-state index contributed by atoms with van der Waals surface area (Å²) in [4.78, 5) is 27.0. The van der Waals surface area contributed by atoms with Gasteiger partial charge in [0, 0.05) is 30.9 Å². The van der Waals surface area contributed by atoms with Crippen LogP contribution in [0.5, 0.6) is 0 Å². The Labute approximate surface area is 201 Å². The minimum absolute atomic E-state index is 0.0528. The van der Waals surface area contributed by atoms with Gasteiger partial charge in [0.25, 0.3) is 5.91 Å². The summed E-state index contributed by atoms with van der Waals surface area (Å²) in [6, 6.07) is 11.9. The molecule has 1 aliphatic carbocycles. The van der Waals surface area contributed by atoms with E-state index in [-0.39, 0.29) is 24.1 Å². The van der Waals surface area contributed by atoms with E-state index in [1.165, 1.54) is 12.1 Å². The molecule has 0 atom stereocenters. The van der Waals surface area contributed by atoms with Crippen LogP contribution >= 0.6 is 0 Å². The maximum Gasteiger partial charge on any atom is 0.416 e. The highest BCUT2D eigenvalue weighted by atomic mass is 19.4. The van der Waals surface area contributed by atoms with E-state index in [4.69, 9.17) is 4.42 Å². The van der Waals surface area contributed by atoms with Crippen LogP contribution in [-0.2, 0) is 30.6 Å². The summed E-state index contributed by atoms with van der Waals surface area (Å²) in [5.41, 5.74) is 0.553. The highest BCUT2D eigenvalue weighted by molar-refractivity contribution is 5.91. The molecule has 0 aliphatic heterocycles. The lowest BCUT2D eigenvalue weighted by atomic mass is 10.1. The number of rotatable bonds is 10. The lowest BCUT2D eigenvalue weighted by Crippen LogP contribution is -2.33. The van der Waals surface area contributed by atoms with Crippen LogP contribution in [0.2, 0.25) is 0 Å². The number of hydrogen-bond donors (Lipinski definition) is 1. The molecule has 1 aromatic carbocycles. The van der Waals surface area contributed by atoms with E-state index in [0.29, 0.717) is 31.0 Å². The summed E-state index contributed by atoms with van der Waals surface area (Å²) in [7, 11) is 0. The minimum Gasteiger partial charge on any atom is -0.454 e. The Kier molecular flexibility index (Phi) is 7.33. The van der Waals surface area contributed by atoms with Gasteiger partial charge in [-0.2, -0.15) is 13.2 Å². The van der Waals surface area contributed by atoms with E-state index >= 15 is 0 Å². The number of furan rings is 1. The quantitative estimate of drug-likeness (QED) is 0.426. The molecular formula is C26H28F3N3O3. The third-order valence-corrected chi connectivity index (χ3v) is 5.93. The van der Waals surface area contributed by atoms with Crippen LogP contribution in [0, 0.1) is 5.92 Å². The summed E-state index contributed by atoms with van der Waals surface area (Å²) in [5, 5.41) is 2.60. The molecule has 1 saturated carbocycles. The Balaban J connectivity index is 1.36. The minimum atomic E-state index is -4.44. The number of alkyl halides is 3. The highest BCUT2D eigenvalue weighted by Crippen LogP contribution is 2.32. The van der Waals surface area contributed by atoms with Crippen molar-refractivity contribution in [2.45, 2.75) is 52.0 Å². The zero-order chi connectivity index (χ0) is 25.0. The van der Waals surface area contributed by atoms with Gasteiger partial charge < -0.3 is 19.2 Å². The molecule has 186 valence electrons. The van der Waals surface area contributed by atoms with Crippen molar-refractivity contribution >= 4 is 11.8 Å². The average molecular weight is 488 g/mol. The van der Waals surface area contributed by atoms with E-state index in [0.717, 1.165) is 37.1 Å². The normalized spacial score (nSPS) is 13.6. The molecule has 0 saturated heterocycles. The van der Waals surface area contributed by atoms with Crippen molar-refractivity contribution < 1.29 is 27.2 Å². The smallest absolute Gasteiger partial charge is 0.416 e. The molecule has 0 spiro atoms. The molecule has 9 heteroatoms. The van der Waals surface area contributed by atoms with Crippen LogP contribution in [0.25, 0.3) is 0 Å². The molecule has 1 N–H and O–H groups in total. The second kappa shape index (κ2) is 10.4. The van der Waals surface area contributed by atoms with Gasteiger partial charge in [-0.05, 0) is 61.2 Å². The van der Waals surface area contributed by atoms with Gasteiger partial charge in [0.2, 0.25) is 5.91 Å². The van der Waals surface area contributed by atoms with E-state index < -0.39 is 17.6 Å². The Morgan fingerprint density at radius 3 is 2.66 bits per heavy atom. The van der Waals surface area contributed by atoms with Crippen molar-refractivity contribution in [1.82, 2.24) is 14.8 Å². The molecule has 1 aliphatic rings. The first-order valence-corrected chi connectivity index (χ1v) is 11.7. The number of hydrogen-bond acceptors (Lipinski definition) is 3. The van der Waals surface area contributed by atoms with Crippen LogP contribution in [0.3, 0.4) is 0 Å². The number of carbonyl (C=O) groups excluding carboxylic acids is 2. The van der Waals surface area contributed by atoms with Gasteiger partial charge in [0.05, 0.1) is 18.7 Å². The molecule has 0 radical (unpaired) electrons. The number of halogens is 3. The highest BCUT2D eigenvalue weighted by Gasteiger charge is 2.33. The van der Waals surface area contributed by atoms with Crippen LogP contribution in [-0.4, -0.2) is 27.8 Å². The molecule has 3 aromatic rings. The number of carbonyl (C=O) groups is 2. The van der Waals surface area contributed by atoms with Crippen molar-refractivity contribution in [3.63, 3.8) is 0 Å². The molecule has 2 amide bonds. The van der Waals surface area contributed by atoms with E-state index in [2.05, 4.69) is 12.2 Å². The number of nitrogens with zero attached hydrogens (tertiary/aromatic N) is 2. The van der Waals surface area contributed by atoms with Gasteiger partial charge in [-0.3, -0.25) is 9.59 Å². The number of benzene rings is 1. The number of nitrogens with one attached hydrogen (secondary N) is 1. The largest absolute Gasteiger partial charge is 0.454 e. The predicted molar refractivity (Wildman–Crippen MR) is 123 cm³/mol. The lowest BCUT2D eigenvalue weighted by Gasteiger charge is -2.23. The second-order valence-electron chi connectivity index (χ2n) is 8.81. The molecule has 0 unspecified atom stereocenters. The summed E-state index contributed by atoms with van der Waals surface area (Å²) in [5.74, 6) is 0.495. The van der Waals surface area contributed by atoms with Gasteiger partial charge >= 0.3 is 6.18 Å². The van der Waals surface area contributed by atoms with E-state index in [1.807, 2.05) is 27.8 Å². The van der Waals surface area contributed by atoms with Crippen molar-refractivity contribution in [2.75, 3.05) is 6.54 Å². The topological polar surface area (TPSA) is 67.5 Å². The SMILES string of the molecule is CCCN(Cc1cccn1Cc1ccc(C(=O)NCc2cccc(C(F)(F)F)c2)o1)C(=O)C1CC1. The fourth-order valence-electron chi connectivity index (χ4n) is 3.95. The van der Waals surface area contributed by atoms with Gasteiger partial charge in [-0.25, -0.2) is 0 Å². The zero-order valence-corrected chi connectivity index (χ0v) is 19.5. The maximum absolute atomic E-state index is 12.9. The van der Waals surface area contributed by atoms with Gasteiger partial charge in [-0.15, -0.1) is 0 Å². The molecule has 2 aromatic heterocycles. The van der Waals surface area contributed by atoms with Gasteiger partial charge in [0.15, 0.2) is 5.76 Å². The van der Waals surface area contributed by atoms with Crippen LogP contribution in [0.4, 0.5) is 13.2 Å². The molecule has 0 bridgehead atoms. The third kappa shape index (κ3) is 6.35. The molecule has 35 heavy (non-hydrogen) atoms. The Bertz CT molecular complexity index is 1180. The fourth-order valence-corrected chi connectivity index (χ4v) is 3.95. The van der Waals surface area contributed by atoms with E-state index in [1.54, 1.807) is 12.1 Å². The predicted octanol–water partition coefficient (Wildman–Crippen LogP) is 5.23.